The number of rotatable bonds is 0. The zero-order valence-electron chi connectivity index (χ0n) is 4.59. The molecule has 6 heavy (non-hydrogen) atoms. The first-order chi connectivity index (χ1) is 1.73. The molecule has 1 nitrogen and oxygen atoms in total. The Morgan fingerprint density at radius 1 is 1.00 bits per heavy atom. The van der Waals surface area contributed by atoms with E-state index in [4.69, 9.17) is 0 Å². The Labute approximate surface area is 53.2 Å². The van der Waals surface area contributed by atoms with Gasteiger partial charge in [-0.2, -0.15) is 0 Å². The van der Waals surface area contributed by atoms with Gasteiger partial charge in [0.1, 0.15) is 0 Å². The van der Waals surface area contributed by atoms with E-state index in [9.17, 15) is 0 Å². The summed E-state index contributed by atoms with van der Waals surface area (Å²) in [7, 11) is 0. The third-order valence-corrected chi connectivity index (χ3v) is 0. The molecule has 0 bridgehead atoms. The average molecular weight is 216 g/mol. The summed E-state index contributed by atoms with van der Waals surface area (Å²) < 4.78 is 0. The van der Waals surface area contributed by atoms with E-state index in [0.29, 0.717) is 0 Å². The molecule has 0 aliphatic rings. The van der Waals surface area contributed by atoms with Crippen molar-refractivity contribution in [3.63, 3.8) is 0 Å². The molecule has 0 atom stereocenters. The molecular formula is C3H12ClNSn. The molecule has 0 saturated carbocycles. The first-order valence-electron chi connectivity index (χ1n) is 1.50. The molecule has 3 heteroatoms. The second-order valence-corrected chi connectivity index (χ2v) is 10.1. The van der Waals surface area contributed by atoms with Gasteiger partial charge in [-0.1, -0.05) is 0 Å². The van der Waals surface area contributed by atoms with Gasteiger partial charge in [-0.05, 0) is 0 Å². The largest absolute Gasteiger partial charge is 1.00 e. The summed E-state index contributed by atoms with van der Waals surface area (Å²) in [6.07, 6.45) is 0. The van der Waals surface area contributed by atoms with Crippen molar-refractivity contribution in [3.8, 4) is 0 Å². The van der Waals surface area contributed by atoms with Crippen molar-refractivity contribution in [2.45, 2.75) is 14.8 Å². The van der Waals surface area contributed by atoms with Gasteiger partial charge in [-0.25, -0.2) is 0 Å². The van der Waals surface area contributed by atoms with E-state index >= 15 is 0 Å². The molecule has 0 aromatic heterocycles. The quantitative estimate of drug-likeness (QED) is 0.493. The number of halogens is 1. The molecule has 0 heterocycles. The Morgan fingerprint density at radius 2 is 1.00 bits per heavy atom. The first kappa shape index (κ1) is 15.7. The zero-order chi connectivity index (χ0) is 3.58. The minimum Gasteiger partial charge on any atom is -1.00 e. The maximum Gasteiger partial charge on any atom is -1.00 e. The van der Waals surface area contributed by atoms with E-state index in [2.05, 4.69) is 14.8 Å². The molecule has 0 fully saturated rings. The van der Waals surface area contributed by atoms with Gasteiger partial charge in [0.15, 0.2) is 0 Å². The van der Waals surface area contributed by atoms with E-state index in [0.717, 1.165) is 0 Å². The predicted octanol–water partition coefficient (Wildman–Crippen LogP) is -1.46. The molecule has 0 aromatic carbocycles. The van der Waals surface area contributed by atoms with E-state index in [1.807, 2.05) is 0 Å². The van der Waals surface area contributed by atoms with Crippen LogP contribution in [-0.4, -0.2) is 19.8 Å². The van der Waals surface area contributed by atoms with Gasteiger partial charge in [-0.15, -0.1) is 0 Å². The Morgan fingerprint density at radius 3 is 1.00 bits per heavy atom. The fourth-order valence-corrected chi connectivity index (χ4v) is 0. The second kappa shape index (κ2) is 9.41. The SMILES string of the molecule is N.[CH3][Sn+]([CH3])[CH3].[Cl-]. The van der Waals surface area contributed by atoms with Crippen LogP contribution in [0.5, 0.6) is 0 Å². The van der Waals surface area contributed by atoms with E-state index < -0.39 is 19.8 Å². The molecule has 3 N–H and O–H groups in total. The Kier molecular flexibility index (Phi) is 24.7. The summed E-state index contributed by atoms with van der Waals surface area (Å²) in [4.78, 5) is 7.09. The molecule has 0 spiro atoms. The molecule has 0 aliphatic heterocycles. The average Bonchev–Trinajstić information content (AvgIpc) is 0.811. The minimum absolute atomic E-state index is 0. The predicted molar refractivity (Wildman–Crippen MR) is 28.4 cm³/mol. The molecule has 0 saturated heterocycles. The van der Waals surface area contributed by atoms with Crippen LogP contribution >= 0.6 is 0 Å². The van der Waals surface area contributed by atoms with Crippen LogP contribution in [0.15, 0.2) is 0 Å². The van der Waals surface area contributed by atoms with Crippen molar-refractivity contribution < 1.29 is 12.4 Å². The smallest absolute Gasteiger partial charge is 1.00 e. The van der Waals surface area contributed by atoms with E-state index in [1.54, 1.807) is 0 Å². The van der Waals surface area contributed by atoms with Crippen LogP contribution in [0.2, 0.25) is 14.8 Å². The Balaban J connectivity index is -0.0000000450. The topological polar surface area (TPSA) is 35.0 Å². The van der Waals surface area contributed by atoms with Crippen LogP contribution in [0.4, 0.5) is 0 Å². The third-order valence-electron chi connectivity index (χ3n) is 0. The summed E-state index contributed by atoms with van der Waals surface area (Å²) in [5.74, 6) is 0. The fourth-order valence-electron chi connectivity index (χ4n) is 0. The van der Waals surface area contributed by atoms with Crippen molar-refractivity contribution in [2.24, 2.45) is 0 Å². The number of hydrogen-bond acceptors (Lipinski definition) is 1. The Hall–Kier alpha value is 1.05. The van der Waals surface area contributed by atoms with Crippen LogP contribution in [-0.2, 0) is 0 Å². The summed E-state index contributed by atoms with van der Waals surface area (Å²) in [5.41, 5.74) is 0. The normalized spacial score (nSPS) is 4.50. The third kappa shape index (κ3) is 75.3. The monoisotopic (exact) mass is 217 g/mol. The summed E-state index contributed by atoms with van der Waals surface area (Å²) in [5, 5.41) is 0. The van der Waals surface area contributed by atoms with E-state index in [-0.39, 0.29) is 18.6 Å². The van der Waals surface area contributed by atoms with Crippen LogP contribution < -0.4 is 18.6 Å². The molecule has 0 aliphatic carbocycles. The molecule has 0 radical (unpaired) electrons. The summed E-state index contributed by atoms with van der Waals surface area (Å²) >= 11 is -0.543. The van der Waals surface area contributed by atoms with Crippen molar-refractivity contribution in [2.75, 3.05) is 0 Å². The fraction of sp³-hybridized carbons (Fsp3) is 1.00. The second-order valence-electron chi connectivity index (χ2n) is 1.50. The van der Waals surface area contributed by atoms with Gasteiger partial charge in [0.05, 0.1) is 0 Å². The maximum absolute atomic E-state index is 2.36. The zero-order valence-corrected chi connectivity index (χ0v) is 8.20. The van der Waals surface area contributed by atoms with Crippen LogP contribution in [0, 0.1) is 0 Å². The van der Waals surface area contributed by atoms with Crippen LogP contribution in [0.3, 0.4) is 0 Å². The van der Waals surface area contributed by atoms with Crippen LogP contribution in [0.25, 0.3) is 0 Å². The summed E-state index contributed by atoms with van der Waals surface area (Å²) in [6.45, 7) is 0. The molecule has 40 valence electrons. The van der Waals surface area contributed by atoms with Crippen molar-refractivity contribution in [1.29, 1.82) is 0 Å². The van der Waals surface area contributed by atoms with Crippen LogP contribution in [0.1, 0.15) is 0 Å². The minimum atomic E-state index is -0.543. The van der Waals surface area contributed by atoms with Crippen molar-refractivity contribution >= 4 is 19.8 Å². The molecule has 0 rings (SSSR count). The molecular weight excluding hydrogens is 204 g/mol. The van der Waals surface area contributed by atoms with Gasteiger partial charge in [0, 0.05) is 0 Å². The molecule has 0 unspecified atom stereocenters. The molecule has 0 aromatic rings. The Bertz CT molecular complexity index is 15.5. The van der Waals surface area contributed by atoms with Gasteiger partial charge in [0.25, 0.3) is 0 Å². The van der Waals surface area contributed by atoms with Crippen molar-refractivity contribution in [3.05, 3.63) is 0 Å². The number of hydrogen-bond donors (Lipinski definition) is 1. The maximum atomic E-state index is 2.36. The standard InChI is InChI=1S/3CH3.ClH.H3N.Sn/h3*1H3;1H;1H3;/q;;;;;+1/p-1. The molecule has 0 amide bonds. The van der Waals surface area contributed by atoms with Gasteiger partial charge in [0.2, 0.25) is 0 Å². The van der Waals surface area contributed by atoms with Gasteiger partial charge < -0.3 is 18.6 Å². The van der Waals surface area contributed by atoms with Crippen molar-refractivity contribution in [1.82, 2.24) is 6.15 Å². The van der Waals surface area contributed by atoms with Gasteiger partial charge in [-0.3, -0.25) is 0 Å². The first-order valence-corrected chi connectivity index (χ1v) is 10.1. The van der Waals surface area contributed by atoms with Gasteiger partial charge >= 0.3 is 34.6 Å². The summed E-state index contributed by atoms with van der Waals surface area (Å²) in [6, 6.07) is 0. The van der Waals surface area contributed by atoms with E-state index in [1.165, 1.54) is 0 Å².